The molecule has 3 aromatic rings. The third-order valence-corrected chi connectivity index (χ3v) is 5.53. The molecule has 4 rings (SSSR count). The highest BCUT2D eigenvalue weighted by atomic mass is 16.2. The number of hydrogen-bond acceptors (Lipinski definition) is 4. The van der Waals surface area contributed by atoms with Gasteiger partial charge in [-0.25, -0.2) is 4.98 Å². The third kappa shape index (κ3) is 4.25. The Morgan fingerprint density at radius 3 is 2.63 bits per heavy atom. The maximum Gasteiger partial charge on any atom is 0.246 e. The first kappa shape index (κ1) is 19.8. The summed E-state index contributed by atoms with van der Waals surface area (Å²) in [6.45, 7) is 3.08. The molecule has 0 atom stereocenters. The van der Waals surface area contributed by atoms with Crippen LogP contribution < -0.4 is 5.32 Å². The highest BCUT2D eigenvalue weighted by molar-refractivity contribution is 5.95. The van der Waals surface area contributed by atoms with Crippen molar-refractivity contribution >= 4 is 34.6 Å². The maximum atomic E-state index is 12.7. The van der Waals surface area contributed by atoms with Crippen molar-refractivity contribution < 1.29 is 9.59 Å². The predicted octanol–water partition coefficient (Wildman–Crippen LogP) is 3.17. The zero-order valence-corrected chi connectivity index (χ0v) is 17.2. The van der Waals surface area contributed by atoms with E-state index in [1.807, 2.05) is 56.4 Å². The number of rotatable bonds is 4. The number of piperidine rings is 1. The number of hydrogen-bond donors (Lipinski definition) is 1. The molecular weight excluding hydrogens is 378 g/mol. The topological polar surface area (TPSA) is 80.1 Å². The standard InChI is InChI=1S/C23H25N5O2/c1-16-20-14-19(15-24-22(20)27(2)26-16)25-23(30)18-10-12-28(13-11-18)21(29)9-8-17-6-4-3-5-7-17/h3-9,14-15,18H,10-13H2,1-2H3,(H,25,30)/b9-8+. The molecule has 0 aliphatic carbocycles. The summed E-state index contributed by atoms with van der Waals surface area (Å²) in [6.07, 6.45) is 6.39. The number of anilines is 1. The molecule has 1 aromatic carbocycles. The number of benzene rings is 1. The van der Waals surface area contributed by atoms with Crippen LogP contribution in [0.25, 0.3) is 17.1 Å². The van der Waals surface area contributed by atoms with Gasteiger partial charge in [-0.2, -0.15) is 5.10 Å². The van der Waals surface area contributed by atoms with Crippen molar-refractivity contribution in [2.75, 3.05) is 18.4 Å². The molecule has 0 bridgehead atoms. The van der Waals surface area contributed by atoms with Gasteiger partial charge in [0.2, 0.25) is 11.8 Å². The van der Waals surface area contributed by atoms with Crippen molar-refractivity contribution in [2.24, 2.45) is 13.0 Å². The van der Waals surface area contributed by atoms with E-state index in [0.29, 0.717) is 31.6 Å². The highest BCUT2D eigenvalue weighted by Crippen LogP contribution is 2.22. The second-order valence-electron chi connectivity index (χ2n) is 7.64. The molecule has 2 aromatic heterocycles. The van der Waals surface area contributed by atoms with Gasteiger partial charge < -0.3 is 10.2 Å². The molecule has 3 heterocycles. The lowest BCUT2D eigenvalue weighted by Gasteiger charge is -2.30. The van der Waals surface area contributed by atoms with Gasteiger partial charge in [0.25, 0.3) is 0 Å². The van der Waals surface area contributed by atoms with Crippen LogP contribution in [0.4, 0.5) is 5.69 Å². The number of nitrogens with zero attached hydrogens (tertiary/aromatic N) is 4. The number of aromatic nitrogens is 3. The van der Waals surface area contributed by atoms with E-state index in [9.17, 15) is 9.59 Å². The molecular formula is C23H25N5O2. The Balaban J connectivity index is 1.32. The molecule has 1 saturated heterocycles. The van der Waals surface area contributed by atoms with E-state index in [0.717, 1.165) is 22.3 Å². The van der Waals surface area contributed by atoms with Crippen molar-refractivity contribution in [1.29, 1.82) is 0 Å². The molecule has 7 heteroatoms. The number of amides is 2. The Kier molecular flexibility index (Phi) is 5.61. The Labute approximate surface area is 175 Å². The van der Waals surface area contributed by atoms with Crippen molar-refractivity contribution in [3.63, 3.8) is 0 Å². The number of nitrogens with one attached hydrogen (secondary N) is 1. The molecule has 2 amide bonds. The van der Waals surface area contributed by atoms with Crippen LogP contribution in [0.1, 0.15) is 24.1 Å². The van der Waals surface area contributed by atoms with Crippen LogP contribution in [-0.2, 0) is 16.6 Å². The summed E-state index contributed by atoms with van der Waals surface area (Å²) in [5.41, 5.74) is 3.34. The van der Waals surface area contributed by atoms with Gasteiger partial charge >= 0.3 is 0 Å². The lowest BCUT2D eigenvalue weighted by molar-refractivity contribution is -0.130. The van der Waals surface area contributed by atoms with Crippen LogP contribution in [0.15, 0.2) is 48.7 Å². The quantitative estimate of drug-likeness (QED) is 0.679. The lowest BCUT2D eigenvalue weighted by Crippen LogP contribution is -2.40. The first-order valence-electron chi connectivity index (χ1n) is 10.1. The summed E-state index contributed by atoms with van der Waals surface area (Å²) in [6, 6.07) is 11.7. The van der Waals surface area contributed by atoms with Gasteiger partial charge in [0.15, 0.2) is 5.65 Å². The molecule has 154 valence electrons. The van der Waals surface area contributed by atoms with E-state index in [1.54, 1.807) is 21.9 Å². The number of carbonyl (C=O) groups is 2. The molecule has 7 nitrogen and oxygen atoms in total. The zero-order chi connectivity index (χ0) is 21.1. The second-order valence-corrected chi connectivity index (χ2v) is 7.64. The molecule has 1 aliphatic heterocycles. The third-order valence-electron chi connectivity index (χ3n) is 5.53. The minimum atomic E-state index is -0.113. The van der Waals surface area contributed by atoms with E-state index in [2.05, 4.69) is 15.4 Å². The van der Waals surface area contributed by atoms with Gasteiger partial charge in [-0.05, 0) is 37.5 Å². The minimum absolute atomic E-state index is 0.0144. The Hall–Kier alpha value is -3.48. The van der Waals surface area contributed by atoms with Crippen molar-refractivity contribution in [3.05, 3.63) is 59.9 Å². The van der Waals surface area contributed by atoms with Gasteiger partial charge in [-0.3, -0.25) is 14.3 Å². The largest absolute Gasteiger partial charge is 0.339 e. The van der Waals surface area contributed by atoms with Crippen LogP contribution in [0.5, 0.6) is 0 Å². The zero-order valence-electron chi connectivity index (χ0n) is 17.2. The van der Waals surface area contributed by atoms with Gasteiger partial charge in [0, 0.05) is 37.5 Å². The normalized spacial score (nSPS) is 15.1. The summed E-state index contributed by atoms with van der Waals surface area (Å²) < 4.78 is 1.73. The molecule has 1 N–H and O–H groups in total. The smallest absolute Gasteiger partial charge is 0.246 e. The number of pyridine rings is 1. The van der Waals surface area contributed by atoms with E-state index in [1.165, 1.54) is 0 Å². The fraction of sp³-hybridized carbons (Fsp3) is 0.304. The Morgan fingerprint density at radius 2 is 1.90 bits per heavy atom. The maximum absolute atomic E-state index is 12.7. The predicted molar refractivity (Wildman–Crippen MR) is 117 cm³/mol. The van der Waals surface area contributed by atoms with E-state index < -0.39 is 0 Å². The fourth-order valence-corrected chi connectivity index (χ4v) is 3.82. The van der Waals surface area contributed by atoms with E-state index >= 15 is 0 Å². The number of aryl methyl sites for hydroxylation is 2. The molecule has 0 unspecified atom stereocenters. The number of likely N-dealkylation sites (tertiary alicyclic amines) is 1. The van der Waals surface area contributed by atoms with Crippen molar-refractivity contribution in [2.45, 2.75) is 19.8 Å². The Bertz CT molecular complexity index is 1100. The summed E-state index contributed by atoms with van der Waals surface area (Å²) in [5.74, 6) is -0.151. The van der Waals surface area contributed by atoms with Crippen LogP contribution in [0.2, 0.25) is 0 Å². The average Bonchev–Trinajstić information content (AvgIpc) is 3.06. The highest BCUT2D eigenvalue weighted by Gasteiger charge is 2.26. The second kappa shape index (κ2) is 8.49. The van der Waals surface area contributed by atoms with E-state index in [-0.39, 0.29) is 17.7 Å². The van der Waals surface area contributed by atoms with Gasteiger partial charge in [0.05, 0.1) is 17.6 Å². The summed E-state index contributed by atoms with van der Waals surface area (Å²) >= 11 is 0. The average molecular weight is 403 g/mol. The van der Waals surface area contributed by atoms with Crippen molar-refractivity contribution in [3.8, 4) is 0 Å². The SMILES string of the molecule is Cc1nn(C)c2ncc(NC(=O)C3CCN(C(=O)/C=C/c4ccccc4)CC3)cc12. The van der Waals surface area contributed by atoms with Crippen LogP contribution in [0.3, 0.4) is 0 Å². The molecule has 0 saturated carbocycles. The van der Waals surface area contributed by atoms with Gasteiger partial charge in [-0.15, -0.1) is 0 Å². The molecule has 0 spiro atoms. The first-order valence-corrected chi connectivity index (χ1v) is 10.1. The summed E-state index contributed by atoms with van der Waals surface area (Å²) in [7, 11) is 1.85. The summed E-state index contributed by atoms with van der Waals surface area (Å²) in [5, 5.41) is 8.26. The van der Waals surface area contributed by atoms with Crippen LogP contribution in [0, 0.1) is 12.8 Å². The Morgan fingerprint density at radius 1 is 1.17 bits per heavy atom. The molecule has 30 heavy (non-hydrogen) atoms. The summed E-state index contributed by atoms with van der Waals surface area (Å²) in [4.78, 5) is 31.3. The van der Waals surface area contributed by atoms with Gasteiger partial charge in [0.1, 0.15) is 0 Å². The minimum Gasteiger partial charge on any atom is -0.339 e. The fourth-order valence-electron chi connectivity index (χ4n) is 3.82. The lowest BCUT2D eigenvalue weighted by atomic mass is 9.95. The van der Waals surface area contributed by atoms with Gasteiger partial charge in [-0.1, -0.05) is 30.3 Å². The first-order chi connectivity index (χ1) is 14.5. The van der Waals surface area contributed by atoms with Crippen LogP contribution in [-0.4, -0.2) is 44.6 Å². The molecule has 1 fully saturated rings. The molecule has 1 aliphatic rings. The number of fused-ring (bicyclic) bond motifs is 1. The number of carbonyl (C=O) groups excluding carboxylic acids is 2. The van der Waals surface area contributed by atoms with Crippen LogP contribution >= 0.6 is 0 Å². The monoisotopic (exact) mass is 403 g/mol. The molecule has 0 radical (unpaired) electrons. The van der Waals surface area contributed by atoms with E-state index in [4.69, 9.17) is 0 Å². The van der Waals surface area contributed by atoms with Crippen molar-refractivity contribution in [1.82, 2.24) is 19.7 Å².